The van der Waals surface area contributed by atoms with Gasteiger partial charge in [0, 0.05) is 19.6 Å². The maximum absolute atomic E-state index is 2.52. The summed E-state index contributed by atoms with van der Waals surface area (Å²) >= 11 is 3.88. The summed E-state index contributed by atoms with van der Waals surface area (Å²) in [5, 5.41) is 0. The molecule has 0 N–H and O–H groups in total. The zero-order valence-electron chi connectivity index (χ0n) is 35.1. The Balaban J connectivity index is 0.00000116. The molecule has 0 saturated heterocycles. The molecular formula is C58H47BS2. The molecule has 0 amide bonds. The van der Waals surface area contributed by atoms with E-state index in [4.69, 9.17) is 0 Å². The molecule has 0 atom stereocenters. The third kappa shape index (κ3) is 7.81. The van der Waals surface area contributed by atoms with Crippen LogP contribution < -0.4 is 16.4 Å². The smallest absolute Gasteiger partial charge is 0.0905 e. The largest absolute Gasteiger partial charge is 0.247 e. The van der Waals surface area contributed by atoms with Crippen molar-refractivity contribution in [3.8, 4) is 66.8 Å². The van der Waals surface area contributed by atoms with Crippen molar-refractivity contribution in [2.45, 2.75) is 47.3 Å². The van der Waals surface area contributed by atoms with Gasteiger partial charge in [0.1, 0.15) is 0 Å². The van der Waals surface area contributed by atoms with Gasteiger partial charge in [-0.1, -0.05) is 220 Å². The van der Waals surface area contributed by atoms with Crippen LogP contribution >= 0.6 is 23.5 Å². The number of fused-ring (bicyclic) bond motifs is 4. The highest BCUT2D eigenvalue weighted by Gasteiger charge is 2.40. The molecule has 0 unspecified atom stereocenters. The summed E-state index contributed by atoms with van der Waals surface area (Å²) in [6.07, 6.45) is 0. The molecule has 0 bridgehead atoms. The molecule has 3 heteroatoms. The predicted molar refractivity (Wildman–Crippen MR) is 268 cm³/mol. The molecule has 0 fully saturated rings. The van der Waals surface area contributed by atoms with Crippen molar-refractivity contribution >= 4 is 46.6 Å². The average molecular weight is 819 g/mol. The SMILES string of the molecule is CC.CC.c1ccc(-c2cc(-c3ccccc3)cc(-c3cc(-c4cc(-c5ccccc5)cc(-c5ccccc5)c4)c4c5c3Sc3ccccc3B5c3ccccc3S4)c2)cc1. The molecule has 294 valence electrons. The van der Waals surface area contributed by atoms with E-state index in [-0.39, 0.29) is 6.71 Å². The quantitative estimate of drug-likeness (QED) is 0.153. The Labute approximate surface area is 370 Å². The fourth-order valence-corrected chi connectivity index (χ4v) is 11.3. The maximum Gasteiger partial charge on any atom is 0.247 e. The third-order valence-corrected chi connectivity index (χ3v) is 13.8. The molecule has 2 aliphatic rings. The highest BCUT2D eigenvalue weighted by Crippen LogP contribution is 2.49. The first-order chi connectivity index (χ1) is 30.2. The molecule has 2 heterocycles. The first kappa shape index (κ1) is 40.2. The summed E-state index contributed by atoms with van der Waals surface area (Å²) in [4.78, 5) is 5.37. The van der Waals surface area contributed by atoms with Crippen LogP contribution in [0, 0.1) is 0 Å². The van der Waals surface area contributed by atoms with E-state index in [1.807, 2.05) is 51.2 Å². The Hall–Kier alpha value is -6.26. The molecule has 11 rings (SSSR count). The lowest BCUT2D eigenvalue weighted by atomic mass is 9.36. The van der Waals surface area contributed by atoms with Crippen LogP contribution in [0.3, 0.4) is 0 Å². The van der Waals surface area contributed by atoms with Gasteiger partial charge in [0.25, 0.3) is 0 Å². The summed E-state index contributed by atoms with van der Waals surface area (Å²) in [7, 11) is 0. The fourth-order valence-electron chi connectivity index (χ4n) is 8.66. The van der Waals surface area contributed by atoms with Gasteiger partial charge in [0.05, 0.1) is 0 Å². The zero-order chi connectivity index (χ0) is 41.7. The topological polar surface area (TPSA) is 0 Å². The summed E-state index contributed by atoms with van der Waals surface area (Å²) in [6.45, 7) is 8.13. The van der Waals surface area contributed by atoms with Crippen molar-refractivity contribution in [3.63, 3.8) is 0 Å². The Morgan fingerprint density at radius 3 is 0.885 bits per heavy atom. The van der Waals surface area contributed by atoms with Crippen LogP contribution in [0.2, 0.25) is 0 Å². The molecule has 0 nitrogen and oxygen atoms in total. The van der Waals surface area contributed by atoms with Gasteiger partial charge in [-0.25, -0.2) is 0 Å². The second-order valence-electron chi connectivity index (χ2n) is 14.8. The van der Waals surface area contributed by atoms with Crippen LogP contribution in [0.5, 0.6) is 0 Å². The summed E-state index contributed by atoms with van der Waals surface area (Å²) in [5.74, 6) is 0. The zero-order valence-corrected chi connectivity index (χ0v) is 36.7. The first-order valence-electron chi connectivity index (χ1n) is 21.5. The van der Waals surface area contributed by atoms with E-state index in [9.17, 15) is 0 Å². The first-order valence-corrected chi connectivity index (χ1v) is 23.2. The van der Waals surface area contributed by atoms with E-state index in [2.05, 4.69) is 212 Å². The minimum absolute atomic E-state index is 0.125. The maximum atomic E-state index is 2.52. The van der Waals surface area contributed by atoms with Gasteiger partial charge in [0.2, 0.25) is 6.71 Å². The van der Waals surface area contributed by atoms with Crippen molar-refractivity contribution in [2.24, 2.45) is 0 Å². The molecule has 9 aromatic rings. The number of benzene rings is 9. The Morgan fingerprint density at radius 1 is 0.279 bits per heavy atom. The van der Waals surface area contributed by atoms with Gasteiger partial charge >= 0.3 is 0 Å². The molecule has 0 aromatic heterocycles. The summed E-state index contributed by atoms with van der Waals surface area (Å²) in [5.41, 5.74) is 18.9. The lowest BCUT2D eigenvalue weighted by Gasteiger charge is -2.35. The molecule has 0 radical (unpaired) electrons. The monoisotopic (exact) mass is 818 g/mol. The average Bonchev–Trinajstić information content (AvgIpc) is 3.36. The number of hydrogen-bond acceptors (Lipinski definition) is 2. The Morgan fingerprint density at radius 2 is 0.557 bits per heavy atom. The van der Waals surface area contributed by atoms with Crippen molar-refractivity contribution in [2.75, 3.05) is 0 Å². The van der Waals surface area contributed by atoms with Gasteiger partial charge in [-0.05, 0) is 127 Å². The molecule has 61 heavy (non-hydrogen) atoms. The van der Waals surface area contributed by atoms with Gasteiger partial charge in [-0.3, -0.25) is 0 Å². The Kier molecular flexibility index (Phi) is 12.0. The molecule has 2 aliphatic heterocycles. The predicted octanol–water partition coefficient (Wildman–Crippen LogP) is 15.2. The fraction of sp³-hybridized carbons (Fsp3) is 0.0690. The van der Waals surface area contributed by atoms with Gasteiger partial charge in [-0.15, -0.1) is 0 Å². The van der Waals surface area contributed by atoms with Gasteiger partial charge < -0.3 is 0 Å². The number of hydrogen-bond donors (Lipinski definition) is 0. The highest BCUT2D eigenvalue weighted by atomic mass is 32.2. The molecule has 9 aromatic carbocycles. The van der Waals surface area contributed by atoms with Gasteiger partial charge in [-0.2, -0.15) is 0 Å². The van der Waals surface area contributed by atoms with E-state index in [1.165, 1.54) is 103 Å². The van der Waals surface area contributed by atoms with Crippen LogP contribution in [0.4, 0.5) is 0 Å². The molecule has 0 saturated carbocycles. The van der Waals surface area contributed by atoms with E-state index in [0.29, 0.717) is 0 Å². The lowest BCUT2D eigenvalue weighted by molar-refractivity contribution is 1.33. The lowest BCUT2D eigenvalue weighted by Crippen LogP contribution is -2.58. The van der Waals surface area contributed by atoms with Crippen LogP contribution in [0.1, 0.15) is 27.7 Å². The minimum Gasteiger partial charge on any atom is -0.0905 e. The molecular weight excluding hydrogens is 772 g/mol. The van der Waals surface area contributed by atoms with Gasteiger partial charge in [0.15, 0.2) is 0 Å². The summed E-state index contributed by atoms with van der Waals surface area (Å²) in [6, 6.07) is 78.4. The Bertz CT molecular complexity index is 2630. The summed E-state index contributed by atoms with van der Waals surface area (Å²) < 4.78 is 0. The highest BCUT2D eigenvalue weighted by molar-refractivity contribution is 8.01. The second-order valence-corrected chi connectivity index (χ2v) is 16.9. The van der Waals surface area contributed by atoms with E-state index >= 15 is 0 Å². The van der Waals surface area contributed by atoms with Crippen LogP contribution in [-0.4, -0.2) is 6.71 Å². The molecule has 0 spiro atoms. The standard InChI is InChI=1S/C54H35BS2.2C2H6/c1-5-17-36(18-6-1)40-29-41(37-19-7-2-8-20-37)32-44(31-40)46-35-47(45-33-42(38-21-9-3-10-22-38)30-43(34-45)39-23-11-4-12-24-39)54-52-53(46)56-50-27-15-13-25-48(50)55(52)49-26-14-16-28-51(49)57-54;2*1-2/h1-35H;2*1-2H3. The normalized spacial score (nSPS) is 11.8. The van der Waals surface area contributed by atoms with Crippen molar-refractivity contribution < 1.29 is 0 Å². The molecule has 0 aliphatic carbocycles. The number of rotatable bonds is 6. The van der Waals surface area contributed by atoms with Crippen molar-refractivity contribution in [1.82, 2.24) is 0 Å². The van der Waals surface area contributed by atoms with E-state index in [0.717, 1.165) is 0 Å². The second kappa shape index (κ2) is 18.2. The minimum atomic E-state index is 0.125. The van der Waals surface area contributed by atoms with Crippen molar-refractivity contribution in [1.29, 1.82) is 0 Å². The van der Waals surface area contributed by atoms with Crippen LogP contribution in [0.15, 0.2) is 232 Å². The van der Waals surface area contributed by atoms with Crippen LogP contribution in [-0.2, 0) is 0 Å². The third-order valence-electron chi connectivity index (χ3n) is 11.4. The van der Waals surface area contributed by atoms with E-state index in [1.54, 1.807) is 0 Å². The van der Waals surface area contributed by atoms with Crippen molar-refractivity contribution in [3.05, 3.63) is 212 Å². The van der Waals surface area contributed by atoms with E-state index < -0.39 is 0 Å². The van der Waals surface area contributed by atoms with Crippen LogP contribution in [0.25, 0.3) is 66.8 Å².